The van der Waals surface area contributed by atoms with Crippen LogP contribution >= 0.6 is 0 Å². The Hall–Kier alpha value is -3.03. The summed E-state index contributed by atoms with van der Waals surface area (Å²) in [5.41, 5.74) is 2.60. The van der Waals surface area contributed by atoms with E-state index < -0.39 is 4.92 Å². The first-order valence-electron chi connectivity index (χ1n) is 6.70. The van der Waals surface area contributed by atoms with Gasteiger partial charge in [-0.25, -0.2) is 0 Å². The Morgan fingerprint density at radius 3 is 2.59 bits per heavy atom. The molecule has 0 radical (unpaired) electrons. The van der Waals surface area contributed by atoms with Gasteiger partial charge < -0.3 is 0 Å². The van der Waals surface area contributed by atoms with Crippen LogP contribution < -0.4 is 9.72 Å². The fourth-order valence-electron chi connectivity index (χ4n) is 2.37. The number of nitrogens with one attached hydrogen (secondary N) is 1. The first-order valence-corrected chi connectivity index (χ1v) is 6.70. The van der Waals surface area contributed by atoms with Crippen LogP contribution in [0.25, 0.3) is 5.65 Å². The van der Waals surface area contributed by atoms with Gasteiger partial charge in [0.1, 0.15) is 0 Å². The van der Waals surface area contributed by atoms with Crippen LogP contribution in [-0.4, -0.2) is 19.7 Å². The van der Waals surface area contributed by atoms with Gasteiger partial charge in [-0.1, -0.05) is 0 Å². The van der Waals surface area contributed by atoms with Gasteiger partial charge in [0.25, 0.3) is 5.69 Å². The van der Waals surface area contributed by atoms with Gasteiger partial charge in [0, 0.05) is 25.1 Å². The third kappa shape index (κ3) is 2.34. The van der Waals surface area contributed by atoms with Crippen molar-refractivity contribution in [2.45, 2.75) is 13.8 Å². The third-order valence-corrected chi connectivity index (χ3v) is 3.35. The Kier molecular flexibility index (Phi) is 3.21. The van der Waals surface area contributed by atoms with Crippen molar-refractivity contribution < 1.29 is 9.32 Å². The van der Waals surface area contributed by atoms with Crippen molar-refractivity contribution in [2.75, 3.05) is 5.32 Å². The summed E-state index contributed by atoms with van der Waals surface area (Å²) in [6, 6.07) is 8.15. The fourth-order valence-corrected chi connectivity index (χ4v) is 2.37. The molecule has 0 bridgehead atoms. The molecule has 1 aromatic carbocycles. The summed E-state index contributed by atoms with van der Waals surface area (Å²) >= 11 is 0. The minimum atomic E-state index is -0.425. The van der Waals surface area contributed by atoms with E-state index in [-0.39, 0.29) is 5.69 Å². The predicted octanol–water partition coefficient (Wildman–Crippen LogP) is 1.82. The highest BCUT2D eigenvalue weighted by Gasteiger charge is 2.19. The zero-order valence-corrected chi connectivity index (χ0v) is 12.4. The molecule has 3 aromatic rings. The smallest absolute Gasteiger partial charge is 0.273 e. The van der Waals surface area contributed by atoms with Crippen molar-refractivity contribution >= 4 is 23.0 Å². The Morgan fingerprint density at radius 2 is 1.95 bits per heavy atom. The van der Waals surface area contributed by atoms with Gasteiger partial charge in [-0.15, -0.1) is 0 Å². The molecule has 112 valence electrons. The highest BCUT2D eigenvalue weighted by atomic mass is 16.6. The number of anilines is 2. The van der Waals surface area contributed by atoms with E-state index in [1.54, 1.807) is 16.8 Å². The van der Waals surface area contributed by atoms with Crippen LogP contribution in [0.4, 0.5) is 17.3 Å². The lowest BCUT2D eigenvalue weighted by Crippen LogP contribution is -2.29. The second-order valence-electron chi connectivity index (χ2n) is 5.01. The summed E-state index contributed by atoms with van der Waals surface area (Å²) in [7, 11) is 1.86. The number of benzene rings is 1. The third-order valence-electron chi connectivity index (χ3n) is 3.35. The molecule has 0 fully saturated rings. The number of fused-ring (bicyclic) bond motifs is 1. The molecule has 2 aromatic heterocycles. The van der Waals surface area contributed by atoms with Crippen molar-refractivity contribution in [1.82, 2.24) is 14.8 Å². The minimum absolute atomic E-state index is 0.0533. The Bertz CT molecular complexity index is 869. The van der Waals surface area contributed by atoms with Crippen LogP contribution in [0.1, 0.15) is 11.5 Å². The van der Waals surface area contributed by atoms with Crippen molar-refractivity contribution in [2.24, 2.45) is 7.05 Å². The van der Waals surface area contributed by atoms with Crippen molar-refractivity contribution in [3.05, 3.63) is 52.0 Å². The molecular weight excluding hydrogens is 284 g/mol. The Morgan fingerprint density at radius 1 is 1.27 bits per heavy atom. The van der Waals surface area contributed by atoms with Crippen molar-refractivity contribution in [3.63, 3.8) is 0 Å². The quantitative estimate of drug-likeness (QED) is 0.452. The van der Waals surface area contributed by atoms with E-state index in [9.17, 15) is 10.1 Å². The molecule has 8 heteroatoms. The lowest BCUT2D eigenvalue weighted by molar-refractivity contribution is -0.508. The van der Waals surface area contributed by atoms with Crippen molar-refractivity contribution in [1.29, 1.82) is 0 Å². The molecule has 0 amide bonds. The Balaban J connectivity index is 2.02. The summed E-state index contributed by atoms with van der Waals surface area (Å²) < 4.78 is 3.66. The molecule has 0 aliphatic rings. The molecule has 0 atom stereocenters. The predicted molar refractivity (Wildman–Crippen MR) is 80.0 cm³/mol. The zero-order valence-electron chi connectivity index (χ0n) is 12.4. The number of aryl methyl sites for hydroxylation is 3. The molecule has 0 saturated heterocycles. The standard InChI is InChI=1S/C14H15N6O2/c1-9-8-13-18(3)17-14(19(13)10(2)15-9)16-11-4-6-12(7-5-11)20(21)22/h4-8H,1-3H3,(H,16,17)/q+1. The van der Waals surface area contributed by atoms with E-state index in [2.05, 4.69) is 15.4 Å². The van der Waals surface area contributed by atoms with Crippen LogP contribution in [-0.2, 0) is 7.05 Å². The van der Waals surface area contributed by atoms with E-state index in [0.29, 0.717) is 5.95 Å². The van der Waals surface area contributed by atoms with Gasteiger partial charge in [-0.05, 0) is 24.2 Å². The molecule has 0 saturated carbocycles. The monoisotopic (exact) mass is 299 g/mol. The van der Waals surface area contributed by atoms with Crippen LogP contribution in [0.2, 0.25) is 0 Å². The van der Waals surface area contributed by atoms with E-state index in [1.165, 1.54) is 12.1 Å². The maximum atomic E-state index is 10.7. The molecule has 0 spiro atoms. The van der Waals surface area contributed by atoms with Crippen LogP contribution in [0, 0.1) is 24.0 Å². The van der Waals surface area contributed by atoms with Gasteiger partial charge >= 0.3 is 5.95 Å². The summed E-state index contributed by atoms with van der Waals surface area (Å²) in [5.74, 6) is 1.42. The molecule has 0 aliphatic heterocycles. The second-order valence-corrected chi connectivity index (χ2v) is 5.01. The summed E-state index contributed by atoms with van der Waals surface area (Å²) in [6.07, 6.45) is 0. The number of nitro benzene ring substituents is 1. The van der Waals surface area contributed by atoms with Crippen LogP contribution in [0.15, 0.2) is 30.3 Å². The van der Waals surface area contributed by atoms with Gasteiger partial charge in [0.2, 0.25) is 5.65 Å². The molecule has 2 heterocycles. The van der Waals surface area contributed by atoms with Gasteiger partial charge in [-0.3, -0.25) is 15.4 Å². The second kappa shape index (κ2) is 5.06. The number of rotatable bonds is 3. The molecular formula is C14H15N6O2+. The minimum Gasteiger partial charge on any atom is -0.273 e. The van der Waals surface area contributed by atoms with Crippen LogP contribution in [0.5, 0.6) is 0 Å². The Labute approximate surface area is 126 Å². The molecule has 0 unspecified atom stereocenters. The van der Waals surface area contributed by atoms with Gasteiger partial charge in [0.15, 0.2) is 5.82 Å². The largest absolute Gasteiger partial charge is 0.358 e. The first-order chi connectivity index (χ1) is 10.5. The topological polar surface area (TPSA) is 90.0 Å². The molecule has 1 N–H and O–H groups in total. The van der Waals surface area contributed by atoms with E-state index in [1.807, 2.05) is 31.4 Å². The average molecular weight is 299 g/mol. The molecule has 3 rings (SSSR count). The molecule has 22 heavy (non-hydrogen) atoms. The number of hydrogen-bond donors (Lipinski definition) is 1. The summed E-state index contributed by atoms with van der Waals surface area (Å²) in [4.78, 5) is 14.7. The summed E-state index contributed by atoms with van der Waals surface area (Å²) in [5, 5.41) is 18.3. The zero-order chi connectivity index (χ0) is 15.9. The van der Waals surface area contributed by atoms with E-state index >= 15 is 0 Å². The highest BCUT2D eigenvalue weighted by molar-refractivity contribution is 5.55. The number of non-ortho nitro benzene ring substituents is 1. The van der Waals surface area contributed by atoms with Gasteiger partial charge in [-0.2, -0.15) is 14.1 Å². The number of nitro groups is 1. The summed E-state index contributed by atoms with van der Waals surface area (Å²) in [6.45, 7) is 3.84. The lowest BCUT2D eigenvalue weighted by Gasteiger charge is -2.01. The maximum Gasteiger partial charge on any atom is 0.358 e. The van der Waals surface area contributed by atoms with E-state index in [0.717, 1.165) is 22.9 Å². The molecule has 0 aliphatic carbocycles. The number of hydrogen-bond acceptors (Lipinski definition) is 5. The highest BCUT2D eigenvalue weighted by Crippen LogP contribution is 2.18. The first kappa shape index (κ1) is 13.9. The van der Waals surface area contributed by atoms with E-state index in [4.69, 9.17) is 0 Å². The van der Waals surface area contributed by atoms with Crippen LogP contribution in [0.3, 0.4) is 0 Å². The lowest BCUT2D eigenvalue weighted by atomic mass is 10.3. The average Bonchev–Trinajstić information content (AvgIpc) is 2.76. The SMILES string of the molecule is Cc1cc2n(C)nc(Nc3ccc([N+](=O)[O-])cc3)[n+]2c(C)n1. The fraction of sp³-hybridized carbons (Fsp3) is 0.214. The van der Waals surface area contributed by atoms with Gasteiger partial charge in [0.05, 0.1) is 23.4 Å². The number of aromatic nitrogens is 4. The number of nitrogens with zero attached hydrogens (tertiary/aromatic N) is 5. The molecule has 8 nitrogen and oxygen atoms in total. The maximum absolute atomic E-state index is 10.7. The van der Waals surface area contributed by atoms with Crippen molar-refractivity contribution in [3.8, 4) is 0 Å². The normalized spacial score (nSPS) is 10.9.